The standard InChI is InChI=1S/C17H20N2O2/c1-2-21-16(20)17(12-18)9-14-8-15(10-17)19(14)11-13-6-4-3-5-7-13/h3-7,14-15H,2,8-11H2,1H3. The predicted molar refractivity (Wildman–Crippen MR) is 78.1 cm³/mol. The van der Waals surface area contributed by atoms with E-state index in [0.29, 0.717) is 31.5 Å². The number of hydrogen-bond donors (Lipinski definition) is 0. The third-order valence-electron chi connectivity index (χ3n) is 4.74. The summed E-state index contributed by atoms with van der Waals surface area (Å²) in [6.07, 6.45) is 2.30. The van der Waals surface area contributed by atoms with Gasteiger partial charge in [0.15, 0.2) is 5.41 Å². The van der Waals surface area contributed by atoms with Crippen LogP contribution in [0.4, 0.5) is 0 Å². The predicted octanol–water partition coefficient (Wildman–Crippen LogP) is 2.50. The number of nitrogens with zero attached hydrogens (tertiary/aromatic N) is 2. The quantitative estimate of drug-likeness (QED) is 0.797. The molecule has 2 unspecified atom stereocenters. The van der Waals surface area contributed by atoms with E-state index in [4.69, 9.17) is 4.74 Å². The maximum atomic E-state index is 12.1. The molecular formula is C17H20N2O2. The van der Waals surface area contributed by atoms with Crippen molar-refractivity contribution < 1.29 is 9.53 Å². The van der Waals surface area contributed by atoms with Crippen LogP contribution in [0.2, 0.25) is 0 Å². The fourth-order valence-corrected chi connectivity index (χ4v) is 3.66. The van der Waals surface area contributed by atoms with E-state index in [1.54, 1.807) is 6.92 Å². The summed E-state index contributed by atoms with van der Waals surface area (Å²) < 4.78 is 5.12. The minimum absolute atomic E-state index is 0.327. The van der Waals surface area contributed by atoms with Gasteiger partial charge in [-0.15, -0.1) is 0 Å². The molecule has 4 nitrogen and oxygen atoms in total. The van der Waals surface area contributed by atoms with Crippen LogP contribution in [0.25, 0.3) is 0 Å². The summed E-state index contributed by atoms with van der Waals surface area (Å²) >= 11 is 0. The Kier molecular flexibility index (Phi) is 3.69. The van der Waals surface area contributed by atoms with E-state index < -0.39 is 5.41 Å². The highest BCUT2D eigenvalue weighted by molar-refractivity contribution is 5.80. The SMILES string of the molecule is CCOC(=O)C1(C#N)CC2CC(C1)N2Cc1ccccc1. The lowest BCUT2D eigenvalue weighted by molar-refractivity contribution is -0.164. The number of esters is 1. The molecule has 1 aromatic rings. The van der Waals surface area contributed by atoms with Crippen molar-refractivity contribution in [2.45, 2.75) is 44.8 Å². The smallest absolute Gasteiger partial charge is 0.326 e. The highest BCUT2D eigenvalue weighted by Crippen LogP contribution is 2.49. The number of benzene rings is 1. The summed E-state index contributed by atoms with van der Waals surface area (Å²) in [5.74, 6) is -0.332. The molecule has 2 saturated heterocycles. The lowest BCUT2D eigenvalue weighted by Crippen LogP contribution is -2.64. The van der Waals surface area contributed by atoms with Gasteiger partial charge in [0, 0.05) is 18.6 Å². The average Bonchev–Trinajstić information content (AvgIpc) is 2.54. The lowest BCUT2D eigenvalue weighted by Gasteiger charge is -2.57. The minimum atomic E-state index is -0.920. The molecule has 2 atom stereocenters. The van der Waals surface area contributed by atoms with Crippen LogP contribution in [-0.2, 0) is 16.1 Å². The first-order valence-electron chi connectivity index (χ1n) is 7.56. The minimum Gasteiger partial charge on any atom is -0.465 e. The van der Waals surface area contributed by atoms with E-state index in [0.717, 1.165) is 13.0 Å². The monoisotopic (exact) mass is 284 g/mol. The molecule has 110 valence electrons. The topological polar surface area (TPSA) is 53.3 Å². The summed E-state index contributed by atoms with van der Waals surface area (Å²) in [6, 6.07) is 13.2. The van der Waals surface area contributed by atoms with Crippen molar-refractivity contribution in [2.75, 3.05) is 6.61 Å². The van der Waals surface area contributed by atoms with Crippen LogP contribution in [0.5, 0.6) is 0 Å². The molecule has 2 heterocycles. The number of carbonyl (C=O) groups excluding carboxylic acids is 1. The molecule has 4 rings (SSSR count). The first-order valence-corrected chi connectivity index (χ1v) is 7.56. The number of carbonyl (C=O) groups is 1. The van der Waals surface area contributed by atoms with E-state index in [1.165, 1.54) is 5.56 Å². The Hall–Kier alpha value is -1.86. The molecule has 1 aliphatic carbocycles. The van der Waals surface area contributed by atoms with E-state index in [1.807, 2.05) is 18.2 Å². The van der Waals surface area contributed by atoms with Crippen LogP contribution >= 0.6 is 0 Å². The highest BCUT2D eigenvalue weighted by Gasteiger charge is 2.56. The Morgan fingerprint density at radius 2 is 2.05 bits per heavy atom. The van der Waals surface area contributed by atoms with Gasteiger partial charge in [-0.25, -0.2) is 0 Å². The fraction of sp³-hybridized carbons (Fsp3) is 0.529. The Morgan fingerprint density at radius 1 is 1.38 bits per heavy atom. The molecule has 1 aromatic carbocycles. The number of hydrogen-bond acceptors (Lipinski definition) is 4. The van der Waals surface area contributed by atoms with Crippen molar-refractivity contribution in [3.8, 4) is 6.07 Å². The van der Waals surface area contributed by atoms with Gasteiger partial charge in [-0.2, -0.15) is 5.26 Å². The zero-order valence-electron chi connectivity index (χ0n) is 12.3. The van der Waals surface area contributed by atoms with E-state index in [2.05, 4.69) is 23.1 Å². The van der Waals surface area contributed by atoms with Gasteiger partial charge in [-0.1, -0.05) is 30.3 Å². The van der Waals surface area contributed by atoms with Gasteiger partial charge in [0.05, 0.1) is 12.7 Å². The number of ether oxygens (including phenoxy) is 1. The third-order valence-corrected chi connectivity index (χ3v) is 4.74. The molecule has 0 aromatic heterocycles. The second kappa shape index (κ2) is 5.50. The maximum absolute atomic E-state index is 12.1. The Bertz CT molecular complexity index is 552. The van der Waals surface area contributed by atoms with Gasteiger partial charge in [0.25, 0.3) is 0 Å². The number of piperidine rings is 1. The van der Waals surface area contributed by atoms with Gasteiger partial charge < -0.3 is 4.74 Å². The summed E-state index contributed by atoms with van der Waals surface area (Å²) in [4.78, 5) is 14.5. The van der Waals surface area contributed by atoms with Gasteiger partial charge in [0.2, 0.25) is 0 Å². The molecule has 1 saturated carbocycles. The fourth-order valence-electron chi connectivity index (χ4n) is 3.66. The molecular weight excluding hydrogens is 264 g/mol. The summed E-state index contributed by atoms with van der Waals surface area (Å²) in [5, 5.41) is 9.48. The summed E-state index contributed by atoms with van der Waals surface area (Å²) in [6.45, 7) is 3.03. The summed E-state index contributed by atoms with van der Waals surface area (Å²) in [5.41, 5.74) is 0.365. The average molecular weight is 284 g/mol. The van der Waals surface area contributed by atoms with Crippen molar-refractivity contribution >= 4 is 5.97 Å². The third kappa shape index (κ3) is 2.43. The van der Waals surface area contributed by atoms with Crippen molar-refractivity contribution in [3.63, 3.8) is 0 Å². The van der Waals surface area contributed by atoms with Crippen LogP contribution in [-0.4, -0.2) is 29.6 Å². The van der Waals surface area contributed by atoms with Crippen LogP contribution in [0.1, 0.15) is 31.7 Å². The van der Waals surface area contributed by atoms with E-state index in [-0.39, 0.29) is 5.97 Å². The molecule has 0 N–H and O–H groups in total. The van der Waals surface area contributed by atoms with E-state index in [9.17, 15) is 10.1 Å². The second-order valence-corrected chi connectivity index (χ2v) is 6.02. The van der Waals surface area contributed by atoms with Gasteiger partial charge in [-0.05, 0) is 31.7 Å². The Labute approximate surface area is 125 Å². The van der Waals surface area contributed by atoms with Gasteiger partial charge in [-0.3, -0.25) is 9.69 Å². The molecule has 2 bridgehead atoms. The zero-order chi connectivity index (χ0) is 14.9. The largest absolute Gasteiger partial charge is 0.465 e. The Balaban J connectivity index is 1.69. The molecule has 3 aliphatic rings. The maximum Gasteiger partial charge on any atom is 0.326 e. The van der Waals surface area contributed by atoms with Crippen molar-refractivity contribution in [1.82, 2.24) is 4.90 Å². The zero-order valence-corrected chi connectivity index (χ0v) is 12.3. The molecule has 0 spiro atoms. The molecule has 3 fully saturated rings. The molecule has 2 aliphatic heterocycles. The van der Waals surface area contributed by atoms with Gasteiger partial charge in [0.1, 0.15) is 0 Å². The molecule has 0 radical (unpaired) electrons. The number of nitriles is 1. The molecule has 4 heteroatoms. The Morgan fingerprint density at radius 3 is 2.62 bits per heavy atom. The number of fused-ring (bicyclic) bond motifs is 2. The summed E-state index contributed by atoms with van der Waals surface area (Å²) in [7, 11) is 0. The first-order chi connectivity index (χ1) is 10.2. The molecule has 21 heavy (non-hydrogen) atoms. The van der Waals surface area contributed by atoms with Crippen LogP contribution in [0.3, 0.4) is 0 Å². The number of rotatable bonds is 4. The van der Waals surface area contributed by atoms with Crippen molar-refractivity contribution in [3.05, 3.63) is 35.9 Å². The molecule has 0 amide bonds. The van der Waals surface area contributed by atoms with E-state index >= 15 is 0 Å². The highest BCUT2D eigenvalue weighted by atomic mass is 16.5. The van der Waals surface area contributed by atoms with Crippen molar-refractivity contribution in [2.24, 2.45) is 5.41 Å². The normalized spacial score (nSPS) is 31.0. The van der Waals surface area contributed by atoms with Crippen LogP contribution < -0.4 is 0 Å². The second-order valence-electron chi connectivity index (χ2n) is 6.02. The first kappa shape index (κ1) is 14.1. The van der Waals surface area contributed by atoms with Crippen LogP contribution in [0.15, 0.2) is 30.3 Å². The van der Waals surface area contributed by atoms with Gasteiger partial charge >= 0.3 is 5.97 Å². The van der Waals surface area contributed by atoms with Crippen LogP contribution in [0, 0.1) is 16.7 Å². The lowest BCUT2D eigenvalue weighted by atomic mass is 9.64. The van der Waals surface area contributed by atoms with Crippen molar-refractivity contribution in [1.29, 1.82) is 5.26 Å².